The lowest BCUT2D eigenvalue weighted by Crippen LogP contribution is -2.38. The van der Waals surface area contributed by atoms with E-state index in [4.69, 9.17) is 11.6 Å². The molecule has 0 bridgehead atoms. The minimum absolute atomic E-state index is 0. The lowest BCUT2D eigenvalue weighted by atomic mass is 10.2. The highest BCUT2D eigenvalue weighted by Gasteiger charge is 2.10. The van der Waals surface area contributed by atoms with Gasteiger partial charge in [0.15, 0.2) is 5.96 Å². The molecule has 5 nitrogen and oxygen atoms in total. The van der Waals surface area contributed by atoms with Crippen molar-refractivity contribution in [2.24, 2.45) is 4.99 Å². The Hall–Kier alpha value is -1.68. The second-order valence-corrected chi connectivity index (χ2v) is 5.76. The van der Waals surface area contributed by atoms with Crippen LogP contribution in [0.2, 0.25) is 5.02 Å². The van der Waals surface area contributed by atoms with Crippen molar-refractivity contribution in [3.8, 4) is 5.75 Å². The molecule has 2 rings (SSSR count). The Morgan fingerprint density at radius 1 is 1.26 bits per heavy atom. The molecular formula is C18H22ClF2IN4O. The van der Waals surface area contributed by atoms with E-state index in [-0.39, 0.29) is 36.3 Å². The third kappa shape index (κ3) is 8.70. The fourth-order valence-electron chi connectivity index (χ4n) is 2.24. The molecule has 0 fully saturated rings. The number of aliphatic imine (C=N–C) groups is 1. The number of nitrogens with zero attached hydrogens (tertiary/aromatic N) is 2. The first-order valence-corrected chi connectivity index (χ1v) is 8.61. The molecular weight excluding hydrogens is 489 g/mol. The SMILES string of the molecule is CCNC(=NCc1cc(Cl)ccc1OC(F)F)NCCc1ccccn1.I. The molecule has 0 saturated carbocycles. The van der Waals surface area contributed by atoms with Crippen LogP contribution in [0.5, 0.6) is 5.75 Å². The summed E-state index contributed by atoms with van der Waals surface area (Å²) in [7, 11) is 0. The number of alkyl halides is 2. The normalized spacial score (nSPS) is 11.1. The lowest BCUT2D eigenvalue weighted by molar-refractivity contribution is -0.0504. The van der Waals surface area contributed by atoms with Crippen molar-refractivity contribution in [1.82, 2.24) is 15.6 Å². The van der Waals surface area contributed by atoms with Gasteiger partial charge < -0.3 is 15.4 Å². The summed E-state index contributed by atoms with van der Waals surface area (Å²) in [6, 6.07) is 10.2. The maximum Gasteiger partial charge on any atom is 0.387 e. The van der Waals surface area contributed by atoms with Crippen LogP contribution in [0.4, 0.5) is 8.78 Å². The van der Waals surface area contributed by atoms with Gasteiger partial charge in [0, 0.05) is 42.0 Å². The van der Waals surface area contributed by atoms with Crippen LogP contribution in [0.3, 0.4) is 0 Å². The summed E-state index contributed by atoms with van der Waals surface area (Å²) >= 11 is 5.95. The highest BCUT2D eigenvalue weighted by atomic mass is 127. The summed E-state index contributed by atoms with van der Waals surface area (Å²) in [5, 5.41) is 6.74. The Bertz CT molecular complexity index is 720. The first-order valence-electron chi connectivity index (χ1n) is 8.23. The summed E-state index contributed by atoms with van der Waals surface area (Å²) in [6.45, 7) is 0.510. The molecule has 148 valence electrons. The van der Waals surface area contributed by atoms with Crippen LogP contribution < -0.4 is 15.4 Å². The van der Waals surface area contributed by atoms with Gasteiger partial charge in [0.1, 0.15) is 5.75 Å². The number of aromatic nitrogens is 1. The zero-order valence-corrected chi connectivity index (χ0v) is 17.9. The summed E-state index contributed by atoms with van der Waals surface area (Å²) in [4.78, 5) is 8.68. The molecule has 27 heavy (non-hydrogen) atoms. The van der Waals surface area contributed by atoms with Gasteiger partial charge in [-0.1, -0.05) is 17.7 Å². The Balaban J connectivity index is 0.00000364. The number of guanidine groups is 1. The molecule has 1 heterocycles. The number of rotatable bonds is 8. The van der Waals surface area contributed by atoms with Crippen LogP contribution in [0.25, 0.3) is 0 Å². The number of halogens is 4. The first kappa shape index (κ1) is 23.4. The van der Waals surface area contributed by atoms with Crippen molar-refractivity contribution >= 4 is 41.5 Å². The monoisotopic (exact) mass is 510 g/mol. The molecule has 0 spiro atoms. The standard InChI is InChI=1S/C18H21ClF2N4O.HI/c1-2-22-18(24-10-8-15-5-3-4-9-23-15)25-12-13-11-14(19)6-7-16(13)26-17(20)21;/h3-7,9,11,17H,2,8,10,12H2,1H3,(H2,22,24,25);1H. The highest BCUT2D eigenvalue weighted by Crippen LogP contribution is 2.25. The molecule has 9 heteroatoms. The van der Waals surface area contributed by atoms with Crippen molar-refractivity contribution in [3.63, 3.8) is 0 Å². The maximum atomic E-state index is 12.5. The molecule has 0 atom stereocenters. The average Bonchev–Trinajstić information content (AvgIpc) is 2.62. The predicted molar refractivity (Wildman–Crippen MR) is 114 cm³/mol. The van der Waals surface area contributed by atoms with Gasteiger partial charge in [0.2, 0.25) is 0 Å². The minimum atomic E-state index is -2.90. The van der Waals surface area contributed by atoms with Gasteiger partial charge in [-0.2, -0.15) is 8.78 Å². The molecule has 1 aromatic heterocycles. The molecule has 0 amide bonds. The Morgan fingerprint density at radius 2 is 2.07 bits per heavy atom. The molecule has 2 N–H and O–H groups in total. The van der Waals surface area contributed by atoms with E-state index in [1.54, 1.807) is 12.3 Å². The summed E-state index contributed by atoms with van der Waals surface area (Å²) in [6.07, 6.45) is 2.49. The number of pyridine rings is 1. The van der Waals surface area contributed by atoms with Crippen molar-refractivity contribution in [2.75, 3.05) is 13.1 Å². The van der Waals surface area contributed by atoms with Gasteiger partial charge >= 0.3 is 6.61 Å². The topological polar surface area (TPSA) is 58.5 Å². The molecule has 2 aromatic rings. The van der Waals surface area contributed by atoms with Gasteiger partial charge in [-0.15, -0.1) is 24.0 Å². The fourth-order valence-corrected chi connectivity index (χ4v) is 2.44. The van der Waals surface area contributed by atoms with Crippen LogP contribution >= 0.6 is 35.6 Å². The molecule has 0 radical (unpaired) electrons. The number of benzene rings is 1. The van der Waals surface area contributed by atoms with Gasteiger partial charge in [0.25, 0.3) is 0 Å². The van der Waals surface area contributed by atoms with E-state index in [1.807, 2.05) is 25.1 Å². The smallest absolute Gasteiger partial charge is 0.387 e. The van der Waals surface area contributed by atoms with Crippen molar-refractivity contribution in [1.29, 1.82) is 0 Å². The predicted octanol–water partition coefficient (Wildman–Crippen LogP) is 4.25. The third-order valence-electron chi connectivity index (χ3n) is 3.39. The van der Waals surface area contributed by atoms with Crippen LogP contribution in [-0.4, -0.2) is 30.6 Å². The van der Waals surface area contributed by atoms with E-state index >= 15 is 0 Å². The summed E-state index contributed by atoms with van der Waals surface area (Å²) < 4.78 is 29.6. The van der Waals surface area contributed by atoms with E-state index in [0.29, 0.717) is 29.6 Å². The number of hydrogen-bond acceptors (Lipinski definition) is 3. The second kappa shape index (κ2) is 12.7. The van der Waals surface area contributed by atoms with E-state index < -0.39 is 6.61 Å². The highest BCUT2D eigenvalue weighted by molar-refractivity contribution is 14.0. The van der Waals surface area contributed by atoms with E-state index in [9.17, 15) is 8.78 Å². The quantitative estimate of drug-likeness (QED) is 0.317. The Morgan fingerprint density at radius 3 is 2.74 bits per heavy atom. The van der Waals surface area contributed by atoms with E-state index in [1.165, 1.54) is 12.1 Å². The van der Waals surface area contributed by atoms with Crippen LogP contribution in [0.15, 0.2) is 47.6 Å². The van der Waals surface area contributed by atoms with Crippen LogP contribution in [-0.2, 0) is 13.0 Å². The van der Waals surface area contributed by atoms with Gasteiger partial charge in [-0.25, -0.2) is 4.99 Å². The minimum Gasteiger partial charge on any atom is -0.434 e. The van der Waals surface area contributed by atoms with E-state index in [2.05, 4.69) is 25.3 Å². The van der Waals surface area contributed by atoms with Gasteiger partial charge in [0.05, 0.1) is 6.54 Å². The fraction of sp³-hybridized carbons (Fsp3) is 0.333. The molecule has 0 aliphatic carbocycles. The molecule has 1 aromatic carbocycles. The molecule has 0 saturated heterocycles. The zero-order chi connectivity index (χ0) is 18.8. The summed E-state index contributed by atoms with van der Waals surface area (Å²) in [5.74, 6) is 0.642. The number of hydrogen-bond donors (Lipinski definition) is 2. The number of nitrogens with one attached hydrogen (secondary N) is 2. The number of ether oxygens (including phenoxy) is 1. The lowest BCUT2D eigenvalue weighted by Gasteiger charge is -2.13. The average molecular weight is 511 g/mol. The van der Waals surface area contributed by atoms with Crippen LogP contribution in [0.1, 0.15) is 18.2 Å². The molecule has 0 unspecified atom stereocenters. The van der Waals surface area contributed by atoms with Crippen molar-refractivity contribution in [2.45, 2.75) is 26.5 Å². The largest absolute Gasteiger partial charge is 0.434 e. The zero-order valence-electron chi connectivity index (χ0n) is 14.8. The van der Waals surface area contributed by atoms with Gasteiger partial charge in [-0.05, 0) is 37.3 Å². The van der Waals surface area contributed by atoms with E-state index in [0.717, 1.165) is 12.1 Å². The van der Waals surface area contributed by atoms with Gasteiger partial charge in [-0.3, -0.25) is 4.98 Å². The van der Waals surface area contributed by atoms with Crippen LogP contribution in [0, 0.1) is 0 Å². The third-order valence-corrected chi connectivity index (χ3v) is 3.63. The molecule has 0 aliphatic heterocycles. The van der Waals surface area contributed by atoms with Crippen molar-refractivity contribution < 1.29 is 13.5 Å². The first-order chi connectivity index (χ1) is 12.6. The van der Waals surface area contributed by atoms with Crippen molar-refractivity contribution in [3.05, 3.63) is 58.9 Å². The second-order valence-electron chi connectivity index (χ2n) is 5.32. The Labute approximate surface area is 179 Å². The maximum absolute atomic E-state index is 12.5. The summed E-state index contributed by atoms with van der Waals surface area (Å²) in [5.41, 5.74) is 1.46. The Kier molecular flexibility index (Phi) is 11.0. The molecule has 0 aliphatic rings.